The van der Waals surface area contributed by atoms with Crippen molar-refractivity contribution in [2.75, 3.05) is 25.2 Å². The summed E-state index contributed by atoms with van der Waals surface area (Å²) in [5, 5.41) is 2.79. The first-order valence-electron chi connectivity index (χ1n) is 10.8. The van der Waals surface area contributed by atoms with Crippen molar-refractivity contribution in [3.05, 3.63) is 101 Å². The molecule has 0 atom stereocenters. The van der Waals surface area contributed by atoms with E-state index in [4.69, 9.17) is 9.47 Å². The van der Waals surface area contributed by atoms with Gasteiger partial charge in [0.1, 0.15) is 0 Å². The molecule has 0 aromatic heterocycles. The quantitative estimate of drug-likeness (QED) is 0.437. The van der Waals surface area contributed by atoms with Crippen LogP contribution in [0.15, 0.2) is 78.6 Å². The number of rotatable bonds is 7. The van der Waals surface area contributed by atoms with Gasteiger partial charge in [0, 0.05) is 19.2 Å². The Bertz CT molecular complexity index is 1180. The summed E-state index contributed by atoms with van der Waals surface area (Å²) in [4.78, 5) is 27.3. The predicted octanol–water partition coefficient (Wildman–Crippen LogP) is 4.34. The molecule has 1 heterocycles. The summed E-state index contributed by atoms with van der Waals surface area (Å²) in [5.74, 6) is 0.481. The number of benzene rings is 3. The van der Waals surface area contributed by atoms with Gasteiger partial charge in [-0.15, -0.1) is 0 Å². The van der Waals surface area contributed by atoms with Crippen molar-refractivity contribution in [1.82, 2.24) is 5.32 Å². The molecule has 1 aliphatic rings. The average Bonchev–Trinajstić information content (AvgIpc) is 2.82. The number of fused-ring (bicyclic) bond motifs is 1. The summed E-state index contributed by atoms with van der Waals surface area (Å²) in [6.45, 7) is 3.37. The van der Waals surface area contributed by atoms with Gasteiger partial charge in [-0.2, -0.15) is 0 Å². The molecule has 33 heavy (non-hydrogen) atoms. The third-order valence-electron chi connectivity index (χ3n) is 5.32. The zero-order valence-electron chi connectivity index (χ0n) is 18.7. The largest absolute Gasteiger partial charge is 0.449 e. The smallest absolute Gasteiger partial charge is 0.294 e. The van der Waals surface area contributed by atoms with Gasteiger partial charge in [0.2, 0.25) is 0 Å². The standard InChI is InChI=1S/C27H26N2O4/c1-19-6-5-7-21(16-19)18-29-23-8-3-4-9-24(23)33-25(27(29)31)17-20-10-12-22(13-11-20)26(30)28-14-15-32-2/h3-13,16-17H,14-15,18H2,1-2H3,(H,28,30). The summed E-state index contributed by atoms with van der Waals surface area (Å²) >= 11 is 0. The van der Waals surface area contributed by atoms with E-state index in [1.165, 1.54) is 0 Å². The van der Waals surface area contributed by atoms with Gasteiger partial charge >= 0.3 is 0 Å². The maximum atomic E-state index is 13.4. The molecule has 3 aromatic rings. The van der Waals surface area contributed by atoms with E-state index >= 15 is 0 Å². The monoisotopic (exact) mass is 442 g/mol. The fraction of sp³-hybridized carbons (Fsp3) is 0.185. The number of para-hydroxylation sites is 2. The topological polar surface area (TPSA) is 67.9 Å². The van der Waals surface area contributed by atoms with Gasteiger partial charge in [0.25, 0.3) is 11.8 Å². The summed E-state index contributed by atoms with van der Waals surface area (Å²) in [6, 6.07) is 22.7. The van der Waals surface area contributed by atoms with Gasteiger partial charge in [-0.1, -0.05) is 54.1 Å². The summed E-state index contributed by atoms with van der Waals surface area (Å²) in [5.41, 5.74) is 4.23. The summed E-state index contributed by atoms with van der Waals surface area (Å²) < 4.78 is 10.9. The minimum Gasteiger partial charge on any atom is -0.449 e. The number of anilines is 1. The molecule has 6 heteroatoms. The minimum absolute atomic E-state index is 0.172. The van der Waals surface area contributed by atoms with Crippen molar-refractivity contribution in [3.63, 3.8) is 0 Å². The number of nitrogens with zero attached hydrogens (tertiary/aromatic N) is 1. The van der Waals surface area contributed by atoms with Crippen LogP contribution >= 0.6 is 0 Å². The van der Waals surface area contributed by atoms with Crippen LogP contribution in [0.4, 0.5) is 5.69 Å². The number of carbonyl (C=O) groups excluding carboxylic acids is 2. The Hall–Kier alpha value is -3.90. The second-order valence-corrected chi connectivity index (χ2v) is 7.83. The van der Waals surface area contributed by atoms with Crippen LogP contribution in [0.2, 0.25) is 0 Å². The van der Waals surface area contributed by atoms with Gasteiger partial charge < -0.3 is 14.8 Å². The Labute approximate surface area is 193 Å². The summed E-state index contributed by atoms with van der Waals surface area (Å²) in [6.07, 6.45) is 1.70. The van der Waals surface area contributed by atoms with Gasteiger partial charge in [0.05, 0.1) is 18.8 Å². The Morgan fingerprint density at radius 2 is 1.85 bits per heavy atom. The van der Waals surface area contributed by atoms with Crippen molar-refractivity contribution in [3.8, 4) is 5.75 Å². The third kappa shape index (κ3) is 5.30. The molecule has 3 aromatic carbocycles. The zero-order chi connectivity index (χ0) is 23.2. The van der Waals surface area contributed by atoms with E-state index < -0.39 is 0 Å². The first kappa shape index (κ1) is 22.3. The van der Waals surface area contributed by atoms with Gasteiger partial charge in [-0.25, -0.2) is 0 Å². The first-order valence-corrected chi connectivity index (χ1v) is 10.8. The molecule has 0 fully saturated rings. The second-order valence-electron chi connectivity index (χ2n) is 7.83. The lowest BCUT2D eigenvalue weighted by atomic mass is 10.1. The lowest BCUT2D eigenvalue weighted by Gasteiger charge is -2.30. The van der Waals surface area contributed by atoms with E-state index in [2.05, 4.69) is 11.4 Å². The number of ether oxygens (including phenoxy) is 2. The molecule has 2 amide bonds. The molecule has 168 valence electrons. The Morgan fingerprint density at radius 1 is 1.06 bits per heavy atom. The Morgan fingerprint density at radius 3 is 2.61 bits per heavy atom. The highest BCUT2D eigenvalue weighted by Crippen LogP contribution is 2.36. The number of nitrogens with one attached hydrogen (secondary N) is 1. The molecule has 0 aliphatic carbocycles. The number of hydrogen-bond donors (Lipinski definition) is 1. The Balaban J connectivity index is 1.58. The molecule has 6 nitrogen and oxygen atoms in total. The SMILES string of the molecule is COCCNC(=O)c1ccc(C=C2Oc3ccccc3N(Cc3cccc(C)c3)C2=O)cc1. The molecule has 0 unspecified atom stereocenters. The van der Waals surface area contributed by atoms with Crippen LogP contribution in [0.25, 0.3) is 6.08 Å². The molecule has 0 radical (unpaired) electrons. The predicted molar refractivity (Wildman–Crippen MR) is 128 cm³/mol. The van der Waals surface area contributed by atoms with Crippen molar-refractivity contribution >= 4 is 23.6 Å². The number of aryl methyl sites for hydroxylation is 1. The number of methoxy groups -OCH3 is 1. The van der Waals surface area contributed by atoms with Crippen molar-refractivity contribution in [1.29, 1.82) is 0 Å². The molecule has 4 rings (SSSR count). The molecular weight excluding hydrogens is 416 g/mol. The number of hydrogen-bond acceptors (Lipinski definition) is 4. The second kappa shape index (κ2) is 10.1. The van der Waals surface area contributed by atoms with Crippen LogP contribution in [0, 0.1) is 6.92 Å². The molecule has 1 N–H and O–H groups in total. The lowest BCUT2D eigenvalue weighted by molar-refractivity contribution is -0.117. The third-order valence-corrected chi connectivity index (χ3v) is 5.32. The van der Waals surface area contributed by atoms with E-state index in [-0.39, 0.29) is 17.6 Å². The molecule has 0 bridgehead atoms. The van der Waals surface area contributed by atoms with Crippen LogP contribution in [0.3, 0.4) is 0 Å². The normalized spacial score (nSPS) is 14.1. The van der Waals surface area contributed by atoms with Crippen molar-refractivity contribution in [2.45, 2.75) is 13.5 Å². The maximum absolute atomic E-state index is 13.4. The first-order chi connectivity index (χ1) is 16.0. The highest BCUT2D eigenvalue weighted by molar-refractivity contribution is 6.09. The number of amides is 2. The van der Waals surface area contributed by atoms with Crippen LogP contribution in [0.5, 0.6) is 5.75 Å². The lowest BCUT2D eigenvalue weighted by Crippen LogP contribution is -2.36. The van der Waals surface area contributed by atoms with Gasteiger partial charge in [0.15, 0.2) is 11.5 Å². The highest BCUT2D eigenvalue weighted by Gasteiger charge is 2.30. The van der Waals surface area contributed by atoms with Crippen LogP contribution in [-0.2, 0) is 16.1 Å². The van der Waals surface area contributed by atoms with Gasteiger partial charge in [-0.05, 0) is 48.4 Å². The van der Waals surface area contributed by atoms with Crippen molar-refractivity contribution < 1.29 is 19.1 Å². The van der Waals surface area contributed by atoms with E-state index in [1.54, 1.807) is 42.4 Å². The fourth-order valence-electron chi connectivity index (χ4n) is 3.66. The number of carbonyl (C=O) groups is 2. The van der Waals surface area contributed by atoms with Crippen LogP contribution < -0.4 is 15.0 Å². The average molecular weight is 443 g/mol. The fourth-order valence-corrected chi connectivity index (χ4v) is 3.66. The zero-order valence-corrected chi connectivity index (χ0v) is 18.7. The van der Waals surface area contributed by atoms with E-state index in [1.807, 2.05) is 49.4 Å². The molecular formula is C27H26N2O4. The van der Waals surface area contributed by atoms with E-state index in [0.717, 1.165) is 22.4 Å². The molecule has 0 saturated heterocycles. The Kier molecular flexibility index (Phi) is 6.86. The summed E-state index contributed by atoms with van der Waals surface area (Å²) in [7, 11) is 1.59. The minimum atomic E-state index is -0.211. The van der Waals surface area contributed by atoms with Crippen molar-refractivity contribution in [2.24, 2.45) is 0 Å². The molecule has 1 aliphatic heterocycles. The molecule has 0 spiro atoms. The maximum Gasteiger partial charge on any atom is 0.294 e. The van der Waals surface area contributed by atoms with Crippen LogP contribution in [-0.4, -0.2) is 32.1 Å². The van der Waals surface area contributed by atoms with Gasteiger partial charge in [-0.3, -0.25) is 14.5 Å². The highest BCUT2D eigenvalue weighted by atomic mass is 16.5. The van der Waals surface area contributed by atoms with Crippen LogP contribution in [0.1, 0.15) is 27.0 Å². The van der Waals surface area contributed by atoms with E-state index in [0.29, 0.717) is 31.0 Å². The van der Waals surface area contributed by atoms with E-state index in [9.17, 15) is 9.59 Å². The molecule has 0 saturated carbocycles.